The van der Waals surface area contributed by atoms with Gasteiger partial charge in [-0.25, -0.2) is 4.98 Å². The van der Waals surface area contributed by atoms with Gasteiger partial charge in [0, 0.05) is 44.5 Å². The summed E-state index contributed by atoms with van der Waals surface area (Å²) in [6.07, 6.45) is 1.85. The van der Waals surface area contributed by atoms with Crippen molar-refractivity contribution in [1.82, 2.24) is 15.6 Å². The molecule has 1 fully saturated rings. The van der Waals surface area contributed by atoms with E-state index in [0.717, 1.165) is 38.1 Å². The molecule has 6 nitrogen and oxygen atoms in total. The zero-order valence-corrected chi connectivity index (χ0v) is 14.7. The molecule has 1 saturated heterocycles. The van der Waals surface area contributed by atoms with Gasteiger partial charge in [-0.1, -0.05) is 19.9 Å². The van der Waals surface area contributed by atoms with Crippen molar-refractivity contribution >= 4 is 11.8 Å². The first-order valence-electron chi connectivity index (χ1n) is 8.35. The number of pyridine rings is 1. The second-order valence-electron chi connectivity index (χ2n) is 6.19. The van der Waals surface area contributed by atoms with Gasteiger partial charge in [0.1, 0.15) is 5.82 Å². The molecule has 1 aromatic heterocycles. The monoisotopic (exact) mass is 319 g/mol. The number of hydrogen-bond acceptors (Lipinski definition) is 4. The molecule has 0 saturated carbocycles. The number of morpholine rings is 1. The van der Waals surface area contributed by atoms with Gasteiger partial charge >= 0.3 is 0 Å². The van der Waals surface area contributed by atoms with Gasteiger partial charge in [0.15, 0.2) is 5.96 Å². The summed E-state index contributed by atoms with van der Waals surface area (Å²) in [7, 11) is 1.80. The van der Waals surface area contributed by atoms with Crippen LogP contribution in [0.15, 0.2) is 23.3 Å². The number of guanidine groups is 1. The zero-order chi connectivity index (χ0) is 16.7. The minimum Gasteiger partial charge on any atom is -0.378 e. The molecule has 0 aliphatic carbocycles. The zero-order valence-electron chi connectivity index (χ0n) is 14.7. The SMILES string of the molecule is CN=C(NCc1cccnc1N1CCOCC1)NC(C)C(C)C. The summed E-state index contributed by atoms with van der Waals surface area (Å²) in [5.41, 5.74) is 1.18. The Kier molecular flexibility index (Phi) is 6.65. The number of aromatic nitrogens is 1. The topological polar surface area (TPSA) is 61.8 Å². The molecule has 2 rings (SSSR count). The van der Waals surface area contributed by atoms with Crippen LogP contribution < -0.4 is 15.5 Å². The summed E-state index contributed by atoms with van der Waals surface area (Å²) in [5, 5.41) is 6.81. The first-order chi connectivity index (χ1) is 11.1. The van der Waals surface area contributed by atoms with E-state index in [-0.39, 0.29) is 0 Å². The molecule has 0 radical (unpaired) electrons. The highest BCUT2D eigenvalue weighted by atomic mass is 16.5. The molecular weight excluding hydrogens is 290 g/mol. The number of anilines is 1. The van der Waals surface area contributed by atoms with Crippen LogP contribution in [-0.4, -0.2) is 50.3 Å². The Balaban J connectivity index is 1.99. The maximum atomic E-state index is 5.43. The number of hydrogen-bond donors (Lipinski definition) is 2. The Bertz CT molecular complexity index is 511. The molecule has 2 heterocycles. The van der Waals surface area contributed by atoms with Crippen molar-refractivity contribution in [1.29, 1.82) is 0 Å². The average molecular weight is 319 g/mol. The van der Waals surface area contributed by atoms with Crippen LogP contribution in [0.5, 0.6) is 0 Å². The van der Waals surface area contributed by atoms with Crippen LogP contribution in [0.4, 0.5) is 5.82 Å². The highest BCUT2D eigenvalue weighted by Gasteiger charge is 2.16. The van der Waals surface area contributed by atoms with Crippen LogP contribution in [0.25, 0.3) is 0 Å². The van der Waals surface area contributed by atoms with Crippen molar-refractivity contribution in [2.75, 3.05) is 38.3 Å². The largest absolute Gasteiger partial charge is 0.378 e. The molecular formula is C17H29N5O. The second-order valence-corrected chi connectivity index (χ2v) is 6.19. The van der Waals surface area contributed by atoms with Crippen molar-refractivity contribution in [3.63, 3.8) is 0 Å². The van der Waals surface area contributed by atoms with Crippen LogP contribution >= 0.6 is 0 Å². The van der Waals surface area contributed by atoms with Crippen LogP contribution in [-0.2, 0) is 11.3 Å². The number of nitrogens with one attached hydrogen (secondary N) is 2. The van der Waals surface area contributed by atoms with E-state index in [0.29, 0.717) is 18.5 Å². The molecule has 128 valence electrons. The van der Waals surface area contributed by atoms with E-state index in [1.165, 1.54) is 5.56 Å². The second kappa shape index (κ2) is 8.72. The van der Waals surface area contributed by atoms with Gasteiger partial charge < -0.3 is 20.3 Å². The van der Waals surface area contributed by atoms with E-state index in [1.54, 1.807) is 7.05 Å². The van der Waals surface area contributed by atoms with Crippen molar-refractivity contribution in [2.45, 2.75) is 33.4 Å². The fourth-order valence-corrected chi connectivity index (χ4v) is 2.38. The number of aliphatic imine (C=N–C) groups is 1. The Morgan fingerprint density at radius 1 is 1.35 bits per heavy atom. The quantitative estimate of drug-likeness (QED) is 0.638. The van der Waals surface area contributed by atoms with Crippen LogP contribution in [0, 0.1) is 5.92 Å². The average Bonchev–Trinajstić information content (AvgIpc) is 2.59. The van der Waals surface area contributed by atoms with E-state index in [1.807, 2.05) is 12.3 Å². The molecule has 2 N–H and O–H groups in total. The first-order valence-corrected chi connectivity index (χ1v) is 8.35. The van der Waals surface area contributed by atoms with Gasteiger partial charge in [0.2, 0.25) is 0 Å². The van der Waals surface area contributed by atoms with Gasteiger partial charge in [-0.15, -0.1) is 0 Å². The number of rotatable bonds is 5. The Labute approximate surface area is 139 Å². The summed E-state index contributed by atoms with van der Waals surface area (Å²) >= 11 is 0. The molecule has 1 aliphatic heterocycles. The minimum atomic E-state index is 0.369. The molecule has 0 aromatic carbocycles. The van der Waals surface area contributed by atoms with Gasteiger partial charge in [-0.3, -0.25) is 4.99 Å². The number of nitrogens with zero attached hydrogens (tertiary/aromatic N) is 3. The van der Waals surface area contributed by atoms with Crippen LogP contribution in [0.3, 0.4) is 0 Å². The number of ether oxygens (including phenoxy) is 1. The summed E-state index contributed by atoms with van der Waals surface area (Å²) in [5.74, 6) is 2.41. The fraction of sp³-hybridized carbons (Fsp3) is 0.647. The standard InChI is InChI=1S/C17H29N5O/c1-13(2)14(3)21-17(18-4)20-12-15-6-5-7-19-16(15)22-8-10-23-11-9-22/h5-7,13-14H,8-12H2,1-4H3,(H2,18,20,21). The van der Waals surface area contributed by atoms with Gasteiger partial charge in [0.05, 0.1) is 13.2 Å². The lowest BCUT2D eigenvalue weighted by Gasteiger charge is -2.29. The molecule has 1 unspecified atom stereocenters. The van der Waals surface area contributed by atoms with Crippen LogP contribution in [0.1, 0.15) is 26.3 Å². The van der Waals surface area contributed by atoms with Gasteiger partial charge in [0.25, 0.3) is 0 Å². The lowest BCUT2D eigenvalue weighted by Crippen LogP contribution is -2.44. The molecule has 0 bridgehead atoms. The van der Waals surface area contributed by atoms with Crippen molar-refractivity contribution in [3.05, 3.63) is 23.9 Å². The third-order valence-corrected chi connectivity index (χ3v) is 4.21. The predicted molar refractivity (Wildman–Crippen MR) is 94.9 cm³/mol. The fourth-order valence-electron chi connectivity index (χ4n) is 2.38. The maximum absolute atomic E-state index is 5.43. The highest BCUT2D eigenvalue weighted by Crippen LogP contribution is 2.18. The lowest BCUT2D eigenvalue weighted by atomic mass is 10.1. The smallest absolute Gasteiger partial charge is 0.191 e. The normalized spacial score (nSPS) is 17.3. The predicted octanol–water partition coefficient (Wildman–Crippen LogP) is 1.63. The summed E-state index contributed by atoms with van der Waals surface area (Å²) < 4.78 is 5.43. The van der Waals surface area contributed by atoms with E-state index < -0.39 is 0 Å². The van der Waals surface area contributed by atoms with Crippen molar-refractivity contribution in [2.24, 2.45) is 10.9 Å². The molecule has 1 aliphatic rings. The Morgan fingerprint density at radius 2 is 2.09 bits per heavy atom. The van der Waals surface area contributed by atoms with Crippen LogP contribution in [0.2, 0.25) is 0 Å². The third-order valence-electron chi connectivity index (χ3n) is 4.21. The lowest BCUT2D eigenvalue weighted by molar-refractivity contribution is 0.122. The Morgan fingerprint density at radius 3 is 2.74 bits per heavy atom. The molecule has 0 spiro atoms. The van der Waals surface area contributed by atoms with Gasteiger partial charge in [-0.2, -0.15) is 0 Å². The summed E-state index contributed by atoms with van der Waals surface area (Å²) in [6.45, 7) is 10.6. The molecule has 0 amide bonds. The molecule has 1 atom stereocenters. The molecule has 6 heteroatoms. The van der Waals surface area contributed by atoms with E-state index in [9.17, 15) is 0 Å². The van der Waals surface area contributed by atoms with Gasteiger partial charge in [-0.05, 0) is 18.9 Å². The van der Waals surface area contributed by atoms with Crippen molar-refractivity contribution in [3.8, 4) is 0 Å². The van der Waals surface area contributed by atoms with E-state index in [4.69, 9.17) is 4.74 Å². The van der Waals surface area contributed by atoms with Crippen molar-refractivity contribution < 1.29 is 4.74 Å². The molecule has 1 aromatic rings. The first kappa shape index (κ1) is 17.5. The Hall–Kier alpha value is -1.82. The van der Waals surface area contributed by atoms with E-state index in [2.05, 4.69) is 52.3 Å². The minimum absolute atomic E-state index is 0.369. The maximum Gasteiger partial charge on any atom is 0.191 e. The summed E-state index contributed by atoms with van der Waals surface area (Å²) in [6, 6.07) is 4.46. The van der Waals surface area contributed by atoms with E-state index >= 15 is 0 Å². The summed E-state index contributed by atoms with van der Waals surface area (Å²) in [4.78, 5) is 11.2. The third kappa shape index (κ3) is 5.10. The highest BCUT2D eigenvalue weighted by molar-refractivity contribution is 5.80. The molecule has 23 heavy (non-hydrogen) atoms.